The number of hydrogen-bond donors (Lipinski definition) is 1. The van der Waals surface area contributed by atoms with Gasteiger partial charge in [0, 0.05) is 19.0 Å². The number of anilines is 1. The molecule has 0 saturated carbocycles. The van der Waals surface area contributed by atoms with Crippen LogP contribution in [-0.2, 0) is 32.6 Å². The van der Waals surface area contributed by atoms with Crippen LogP contribution in [0.15, 0.2) is 108 Å². The molecule has 8 nitrogen and oxygen atoms in total. The summed E-state index contributed by atoms with van der Waals surface area (Å²) in [5, 5.41) is 3.06. The summed E-state index contributed by atoms with van der Waals surface area (Å²) >= 11 is 0. The number of carbonyl (C=O) groups is 2. The van der Waals surface area contributed by atoms with Gasteiger partial charge < -0.3 is 15.0 Å². The topological polar surface area (TPSA) is 96.0 Å². The molecule has 0 heterocycles. The molecule has 0 saturated heterocycles. The second-order valence-corrected chi connectivity index (χ2v) is 13.4. The molecule has 1 N–H and O–H groups in total. The van der Waals surface area contributed by atoms with Gasteiger partial charge in [-0.3, -0.25) is 13.9 Å². The van der Waals surface area contributed by atoms with Crippen LogP contribution < -0.4 is 14.4 Å². The number of benzene rings is 4. The molecule has 2 amide bonds. The fourth-order valence-corrected chi connectivity index (χ4v) is 6.41. The van der Waals surface area contributed by atoms with Crippen molar-refractivity contribution in [3.05, 3.63) is 125 Å². The lowest BCUT2D eigenvalue weighted by Crippen LogP contribution is -2.54. The lowest BCUT2D eigenvalue weighted by atomic mass is 10.0. The maximum Gasteiger partial charge on any atom is 0.264 e. The molecule has 0 spiro atoms. The van der Waals surface area contributed by atoms with E-state index in [1.165, 1.54) is 24.1 Å². The van der Waals surface area contributed by atoms with Crippen molar-refractivity contribution in [2.75, 3.05) is 18.0 Å². The monoisotopic (exact) mass is 641 g/mol. The molecule has 2 atom stereocenters. The van der Waals surface area contributed by atoms with Crippen molar-refractivity contribution in [2.24, 2.45) is 0 Å². The molecule has 46 heavy (non-hydrogen) atoms. The Bertz CT molecular complexity index is 1690. The summed E-state index contributed by atoms with van der Waals surface area (Å²) in [4.78, 5) is 30.0. The summed E-state index contributed by atoms with van der Waals surface area (Å²) in [6.45, 7) is 7.40. The van der Waals surface area contributed by atoms with E-state index in [0.717, 1.165) is 33.0 Å². The van der Waals surface area contributed by atoms with E-state index in [1.54, 1.807) is 36.4 Å². The summed E-state index contributed by atoms with van der Waals surface area (Å²) in [6, 6.07) is 29.3. The molecule has 0 aliphatic rings. The van der Waals surface area contributed by atoms with Crippen LogP contribution in [0.4, 0.5) is 5.69 Å². The second-order valence-electron chi connectivity index (χ2n) is 11.6. The van der Waals surface area contributed by atoms with Crippen molar-refractivity contribution in [1.29, 1.82) is 0 Å². The highest BCUT2D eigenvalue weighted by molar-refractivity contribution is 7.92. The molecule has 9 heteroatoms. The fourth-order valence-electron chi connectivity index (χ4n) is 5.00. The Balaban J connectivity index is 1.80. The fraction of sp³-hybridized carbons (Fsp3) is 0.297. The van der Waals surface area contributed by atoms with Crippen LogP contribution in [0.5, 0.6) is 5.75 Å². The van der Waals surface area contributed by atoms with E-state index >= 15 is 0 Å². The Morgan fingerprint density at radius 1 is 0.804 bits per heavy atom. The van der Waals surface area contributed by atoms with E-state index in [2.05, 4.69) is 5.32 Å². The van der Waals surface area contributed by atoms with E-state index in [9.17, 15) is 18.0 Å². The molecular formula is C37H43N3O5S. The molecule has 0 unspecified atom stereocenters. The van der Waals surface area contributed by atoms with Gasteiger partial charge in [-0.15, -0.1) is 0 Å². The Labute approximate surface area is 273 Å². The summed E-state index contributed by atoms with van der Waals surface area (Å²) in [5.41, 5.74) is 4.06. The minimum absolute atomic E-state index is 0.0158. The Hall–Kier alpha value is -4.63. The number of amides is 2. The smallest absolute Gasteiger partial charge is 0.264 e. The minimum atomic E-state index is -4.20. The van der Waals surface area contributed by atoms with E-state index in [-0.39, 0.29) is 29.8 Å². The number of methoxy groups -OCH3 is 1. The average Bonchev–Trinajstić information content (AvgIpc) is 3.06. The van der Waals surface area contributed by atoms with Crippen molar-refractivity contribution in [3.63, 3.8) is 0 Å². The van der Waals surface area contributed by atoms with E-state index < -0.39 is 28.5 Å². The summed E-state index contributed by atoms with van der Waals surface area (Å²) < 4.78 is 34.7. The molecule has 4 aromatic rings. The number of carbonyl (C=O) groups excluding carboxylic acids is 2. The molecule has 0 fully saturated rings. The Morgan fingerprint density at radius 3 is 1.96 bits per heavy atom. The van der Waals surface area contributed by atoms with E-state index in [0.29, 0.717) is 11.4 Å². The Kier molecular flexibility index (Phi) is 11.6. The molecular weight excluding hydrogens is 598 g/mol. The third kappa shape index (κ3) is 8.75. The normalized spacial score (nSPS) is 12.5. The molecule has 4 rings (SSSR count). The number of nitrogens with one attached hydrogen (secondary N) is 1. The maximum atomic E-state index is 14.6. The number of sulfonamides is 1. The number of nitrogens with zero attached hydrogens (tertiary/aromatic N) is 2. The van der Waals surface area contributed by atoms with Crippen molar-refractivity contribution in [3.8, 4) is 5.75 Å². The Morgan fingerprint density at radius 2 is 1.39 bits per heavy atom. The van der Waals surface area contributed by atoms with Gasteiger partial charge in [0.15, 0.2) is 0 Å². The first-order valence-electron chi connectivity index (χ1n) is 15.4. The summed E-state index contributed by atoms with van der Waals surface area (Å²) in [7, 11) is -2.69. The van der Waals surface area contributed by atoms with Gasteiger partial charge in [-0.1, -0.05) is 84.8 Å². The third-order valence-corrected chi connectivity index (χ3v) is 9.78. The van der Waals surface area contributed by atoms with Crippen LogP contribution >= 0.6 is 0 Å². The van der Waals surface area contributed by atoms with Gasteiger partial charge >= 0.3 is 0 Å². The quantitative estimate of drug-likeness (QED) is 0.181. The summed E-state index contributed by atoms with van der Waals surface area (Å²) in [5.74, 6) is -0.283. The first kappa shape index (κ1) is 34.2. The van der Waals surface area contributed by atoms with Gasteiger partial charge in [0.25, 0.3) is 10.0 Å². The van der Waals surface area contributed by atoms with Crippen molar-refractivity contribution in [2.45, 2.75) is 64.1 Å². The van der Waals surface area contributed by atoms with E-state index in [4.69, 9.17) is 4.74 Å². The van der Waals surface area contributed by atoms with E-state index in [1.807, 2.05) is 82.3 Å². The van der Waals surface area contributed by atoms with Crippen LogP contribution in [0.3, 0.4) is 0 Å². The van der Waals surface area contributed by atoms with Crippen LogP contribution in [-0.4, -0.2) is 50.9 Å². The number of hydrogen-bond acceptors (Lipinski definition) is 5. The lowest BCUT2D eigenvalue weighted by molar-refractivity contribution is -0.140. The van der Waals surface area contributed by atoms with Gasteiger partial charge in [0.05, 0.1) is 17.7 Å². The maximum absolute atomic E-state index is 14.6. The lowest BCUT2D eigenvalue weighted by Gasteiger charge is -2.34. The largest absolute Gasteiger partial charge is 0.497 e. The summed E-state index contributed by atoms with van der Waals surface area (Å²) in [6.07, 6.45) is 0.980. The van der Waals surface area contributed by atoms with Crippen LogP contribution in [0, 0.1) is 13.8 Å². The predicted molar refractivity (Wildman–Crippen MR) is 182 cm³/mol. The first-order chi connectivity index (χ1) is 22.0. The zero-order valence-corrected chi connectivity index (χ0v) is 28.0. The van der Waals surface area contributed by atoms with Crippen molar-refractivity contribution < 1.29 is 22.7 Å². The average molecular weight is 642 g/mol. The molecule has 0 bridgehead atoms. The number of aryl methyl sites for hydroxylation is 2. The van der Waals surface area contributed by atoms with Gasteiger partial charge in [-0.05, 0) is 74.7 Å². The first-order valence-corrected chi connectivity index (χ1v) is 16.9. The molecule has 0 aliphatic heterocycles. The van der Waals surface area contributed by atoms with Crippen molar-refractivity contribution in [1.82, 2.24) is 10.2 Å². The zero-order valence-electron chi connectivity index (χ0n) is 27.1. The van der Waals surface area contributed by atoms with Crippen LogP contribution in [0.2, 0.25) is 0 Å². The van der Waals surface area contributed by atoms with Gasteiger partial charge in [0.1, 0.15) is 18.3 Å². The highest BCUT2D eigenvalue weighted by Gasteiger charge is 2.35. The standard InChI is InChI=1S/C37H43N3O5S/c1-6-29(4)38-37(42)35(24-30-10-8-7-9-11-30)39(25-31-16-12-27(2)13-17-31)36(41)26-40(32-18-14-28(3)15-19-32)46(43,44)34-22-20-33(45-5)21-23-34/h7-23,29,35H,6,24-26H2,1-5H3,(H,38,42)/t29-,35+/m1/s1. The third-order valence-electron chi connectivity index (χ3n) is 7.99. The minimum Gasteiger partial charge on any atom is -0.497 e. The SMILES string of the molecule is CC[C@@H](C)NC(=O)[C@H](Cc1ccccc1)N(Cc1ccc(C)cc1)C(=O)CN(c1ccc(C)cc1)S(=O)(=O)c1ccc(OC)cc1. The second kappa shape index (κ2) is 15.6. The molecule has 0 radical (unpaired) electrons. The molecule has 0 aromatic heterocycles. The number of ether oxygens (including phenoxy) is 1. The van der Waals surface area contributed by atoms with Gasteiger partial charge in [0.2, 0.25) is 11.8 Å². The van der Waals surface area contributed by atoms with Gasteiger partial charge in [-0.2, -0.15) is 0 Å². The zero-order chi connectivity index (χ0) is 33.3. The highest BCUT2D eigenvalue weighted by atomic mass is 32.2. The number of rotatable bonds is 14. The van der Waals surface area contributed by atoms with Crippen LogP contribution in [0.25, 0.3) is 0 Å². The molecule has 242 valence electrons. The van der Waals surface area contributed by atoms with Gasteiger partial charge in [-0.25, -0.2) is 8.42 Å². The highest BCUT2D eigenvalue weighted by Crippen LogP contribution is 2.27. The van der Waals surface area contributed by atoms with Crippen LogP contribution in [0.1, 0.15) is 42.5 Å². The predicted octanol–water partition coefficient (Wildman–Crippen LogP) is 6.06. The molecule has 0 aliphatic carbocycles. The van der Waals surface area contributed by atoms with Crippen molar-refractivity contribution >= 4 is 27.5 Å². The molecule has 4 aromatic carbocycles.